The van der Waals surface area contributed by atoms with Gasteiger partial charge in [0.15, 0.2) is 0 Å². The summed E-state index contributed by atoms with van der Waals surface area (Å²) < 4.78 is 5.47. The Bertz CT molecular complexity index is 721. The van der Waals surface area contributed by atoms with E-state index < -0.39 is 0 Å². The third-order valence-corrected chi connectivity index (χ3v) is 4.26. The molecule has 22 heavy (non-hydrogen) atoms. The molecule has 6 heteroatoms. The summed E-state index contributed by atoms with van der Waals surface area (Å²) in [6, 6.07) is 8.68. The lowest BCUT2D eigenvalue weighted by molar-refractivity contribution is -0.123. The molecule has 0 spiro atoms. The van der Waals surface area contributed by atoms with E-state index in [-0.39, 0.29) is 17.9 Å². The van der Waals surface area contributed by atoms with Crippen molar-refractivity contribution >= 4 is 29.1 Å². The van der Waals surface area contributed by atoms with Crippen LogP contribution in [0.15, 0.2) is 36.5 Å². The fourth-order valence-corrected chi connectivity index (χ4v) is 3.02. The second-order valence-electron chi connectivity index (χ2n) is 5.16. The van der Waals surface area contributed by atoms with Crippen LogP contribution in [-0.4, -0.2) is 17.5 Å². The molecule has 0 unspecified atom stereocenters. The summed E-state index contributed by atoms with van der Waals surface area (Å²) in [5, 5.41) is 4.01. The van der Waals surface area contributed by atoms with Gasteiger partial charge in [0.05, 0.1) is 12.0 Å². The molecule has 1 aromatic carbocycles. The van der Waals surface area contributed by atoms with E-state index in [2.05, 4.69) is 10.3 Å². The van der Waals surface area contributed by atoms with Crippen LogP contribution in [0.2, 0.25) is 10.0 Å². The van der Waals surface area contributed by atoms with Gasteiger partial charge in [0.2, 0.25) is 11.8 Å². The summed E-state index contributed by atoms with van der Waals surface area (Å²) in [4.78, 5) is 16.6. The Morgan fingerprint density at radius 2 is 2.23 bits per heavy atom. The molecule has 0 saturated carbocycles. The first-order chi connectivity index (χ1) is 10.6. The summed E-state index contributed by atoms with van der Waals surface area (Å²) in [5.74, 6) is 0.0741. The minimum Gasteiger partial charge on any atom is -0.475 e. The number of nitrogens with one attached hydrogen (secondary N) is 1. The van der Waals surface area contributed by atoms with Gasteiger partial charge in [0.25, 0.3) is 0 Å². The third kappa shape index (κ3) is 2.89. The third-order valence-electron chi connectivity index (χ3n) is 3.70. The Hall–Kier alpha value is -1.78. The molecular weight excluding hydrogens is 323 g/mol. The Labute approximate surface area is 138 Å². The average Bonchev–Trinajstić information content (AvgIpc) is 2.90. The van der Waals surface area contributed by atoms with E-state index in [1.165, 1.54) is 0 Å². The molecule has 0 fully saturated rings. The Balaban J connectivity index is 1.75. The monoisotopic (exact) mass is 336 g/mol. The lowest BCUT2D eigenvalue weighted by atomic mass is 9.99. The molecule has 3 rings (SSSR count). The maximum atomic E-state index is 12.5. The number of aromatic nitrogens is 1. The lowest BCUT2D eigenvalue weighted by Gasteiger charge is -2.17. The maximum Gasteiger partial charge on any atom is 0.227 e. The van der Waals surface area contributed by atoms with Crippen LogP contribution in [0.3, 0.4) is 0 Å². The second-order valence-corrected chi connectivity index (χ2v) is 6.00. The van der Waals surface area contributed by atoms with Gasteiger partial charge in [-0.05, 0) is 36.8 Å². The van der Waals surface area contributed by atoms with Crippen molar-refractivity contribution in [1.29, 1.82) is 0 Å². The van der Waals surface area contributed by atoms with Gasteiger partial charge in [0.1, 0.15) is 6.61 Å². The molecule has 2 aromatic rings. The summed E-state index contributed by atoms with van der Waals surface area (Å²) >= 11 is 12.1. The largest absolute Gasteiger partial charge is 0.475 e. The van der Waals surface area contributed by atoms with E-state index in [1.54, 1.807) is 24.4 Å². The maximum absolute atomic E-state index is 12.5. The molecule has 2 atom stereocenters. The number of amides is 1. The normalized spacial score (nSPS) is 17.5. The number of hydrogen-bond acceptors (Lipinski definition) is 3. The number of hydrogen-bond donors (Lipinski definition) is 1. The molecule has 1 N–H and O–H groups in total. The van der Waals surface area contributed by atoms with Crippen molar-refractivity contribution in [1.82, 2.24) is 10.3 Å². The summed E-state index contributed by atoms with van der Waals surface area (Å²) in [7, 11) is 0. The van der Waals surface area contributed by atoms with Crippen LogP contribution in [0, 0.1) is 0 Å². The first-order valence-corrected chi connectivity index (χ1v) is 7.65. The van der Waals surface area contributed by atoms with Crippen molar-refractivity contribution in [2.45, 2.75) is 18.9 Å². The smallest absolute Gasteiger partial charge is 0.227 e. The van der Waals surface area contributed by atoms with Crippen LogP contribution >= 0.6 is 23.2 Å². The number of pyridine rings is 1. The molecule has 1 aliphatic heterocycles. The zero-order valence-corrected chi connectivity index (χ0v) is 13.4. The number of carbonyl (C=O) groups is 1. The van der Waals surface area contributed by atoms with Crippen molar-refractivity contribution < 1.29 is 9.53 Å². The summed E-state index contributed by atoms with van der Waals surface area (Å²) in [6.07, 6.45) is 1.67. The van der Waals surface area contributed by atoms with Gasteiger partial charge in [-0.15, -0.1) is 0 Å². The van der Waals surface area contributed by atoms with Gasteiger partial charge in [-0.1, -0.05) is 29.3 Å². The van der Waals surface area contributed by atoms with Crippen LogP contribution in [0.5, 0.6) is 5.88 Å². The van der Waals surface area contributed by atoms with E-state index >= 15 is 0 Å². The standard InChI is InChI=1S/C16H14Cl2N2O2/c1-9(11-5-4-10(17)7-13(11)18)15(21)20-14-8-22-16-12(14)3-2-6-19-16/h2-7,9,14H,8H2,1H3,(H,20,21)/t9-,14-/m1/s1. The predicted molar refractivity (Wildman–Crippen MR) is 85.5 cm³/mol. The highest BCUT2D eigenvalue weighted by Crippen LogP contribution is 2.31. The Morgan fingerprint density at radius 1 is 1.41 bits per heavy atom. The zero-order valence-electron chi connectivity index (χ0n) is 11.8. The molecule has 0 bridgehead atoms. The zero-order chi connectivity index (χ0) is 15.7. The van der Waals surface area contributed by atoms with Crippen molar-refractivity contribution in [3.05, 3.63) is 57.7 Å². The second kappa shape index (κ2) is 6.15. The van der Waals surface area contributed by atoms with E-state index in [9.17, 15) is 4.79 Å². The molecule has 4 nitrogen and oxygen atoms in total. The van der Waals surface area contributed by atoms with Crippen LogP contribution in [-0.2, 0) is 4.79 Å². The van der Waals surface area contributed by atoms with Gasteiger partial charge in [0, 0.05) is 21.8 Å². The van der Waals surface area contributed by atoms with Gasteiger partial charge >= 0.3 is 0 Å². The Kier molecular flexibility index (Phi) is 4.23. The molecule has 2 heterocycles. The molecule has 1 amide bonds. The number of carbonyl (C=O) groups excluding carboxylic acids is 1. The highest BCUT2D eigenvalue weighted by Gasteiger charge is 2.28. The van der Waals surface area contributed by atoms with E-state index in [4.69, 9.17) is 27.9 Å². The predicted octanol–water partition coefficient (Wildman–Crippen LogP) is 3.74. The minimum absolute atomic E-state index is 0.116. The molecule has 114 valence electrons. The summed E-state index contributed by atoms with van der Waals surface area (Å²) in [5.41, 5.74) is 1.64. The lowest BCUT2D eigenvalue weighted by Crippen LogP contribution is -2.32. The Morgan fingerprint density at radius 3 is 3.00 bits per heavy atom. The number of rotatable bonds is 3. The van der Waals surface area contributed by atoms with E-state index in [0.29, 0.717) is 22.5 Å². The molecule has 0 saturated heterocycles. The van der Waals surface area contributed by atoms with Crippen molar-refractivity contribution in [3.8, 4) is 5.88 Å². The number of halogens is 2. The SMILES string of the molecule is C[C@@H](C(=O)N[C@@H]1COc2ncccc21)c1ccc(Cl)cc1Cl. The van der Waals surface area contributed by atoms with Gasteiger partial charge < -0.3 is 10.1 Å². The number of fused-ring (bicyclic) bond motifs is 1. The first-order valence-electron chi connectivity index (χ1n) is 6.89. The minimum atomic E-state index is -0.384. The number of ether oxygens (including phenoxy) is 1. The molecule has 0 aliphatic carbocycles. The van der Waals surface area contributed by atoms with E-state index in [1.807, 2.05) is 19.1 Å². The molecule has 0 radical (unpaired) electrons. The fourth-order valence-electron chi connectivity index (χ4n) is 2.45. The van der Waals surface area contributed by atoms with Crippen molar-refractivity contribution in [2.24, 2.45) is 0 Å². The van der Waals surface area contributed by atoms with Gasteiger partial charge in [-0.3, -0.25) is 4.79 Å². The molecular formula is C16H14Cl2N2O2. The topological polar surface area (TPSA) is 51.2 Å². The number of benzene rings is 1. The highest BCUT2D eigenvalue weighted by molar-refractivity contribution is 6.35. The van der Waals surface area contributed by atoms with Crippen LogP contribution in [0.4, 0.5) is 0 Å². The first kappa shape index (κ1) is 15.1. The summed E-state index contributed by atoms with van der Waals surface area (Å²) in [6.45, 7) is 2.20. The van der Waals surface area contributed by atoms with Crippen LogP contribution < -0.4 is 10.1 Å². The average molecular weight is 337 g/mol. The van der Waals surface area contributed by atoms with E-state index in [0.717, 1.165) is 11.1 Å². The van der Waals surface area contributed by atoms with Gasteiger partial charge in [-0.2, -0.15) is 0 Å². The highest BCUT2D eigenvalue weighted by atomic mass is 35.5. The van der Waals surface area contributed by atoms with Crippen molar-refractivity contribution in [2.75, 3.05) is 6.61 Å². The van der Waals surface area contributed by atoms with Gasteiger partial charge in [-0.25, -0.2) is 4.98 Å². The van der Waals surface area contributed by atoms with Crippen LogP contribution in [0.25, 0.3) is 0 Å². The number of nitrogens with zero attached hydrogens (tertiary/aromatic N) is 1. The quantitative estimate of drug-likeness (QED) is 0.928. The molecule has 1 aliphatic rings. The fraction of sp³-hybridized carbons (Fsp3) is 0.250. The van der Waals surface area contributed by atoms with Crippen LogP contribution in [0.1, 0.15) is 30.0 Å². The van der Waals surface area contributed by atoms with Crippen molar-refractivity contribution in [3.63, 3.8) is 0 Å². The molecule has 1 aromatic heterocycles.